The van der Waals surface area contributed by atoms with Crippen molar-refractivity contribution >= 4 is 34.4 Å². The molecule has 0 unspecified atom stereocenters. The first-order valence-corrected chi connectivity index (χ1v) is 19.9. The van der Waals surface area contributed by atoms with Crippen LogP contribution in [0.1, 0.15) is 143 Å². The minimum atomic E-state index is -0.883. The van der Waals surface area contributed by atoms with Gasteiger partial charge in [0.15, 0.2) is 5.78 Å². The number of allylic oxidation sites excluding steroid dienone is 3. The van der Waals surface area contributed by atoms with Crippen molar-refractivity contribution in [3.63, 3.8) is 0 Å². The number of rotatable bonds is 7. The zero-order valence-corrected chi connectivity index (χ0v) is 32.4. The fraction of sp³-hybridized carbons (Fsp3) is 0.636. The van der Waals surface area contributed by atoms with Gasteiger partial charge < -0.3 is 5.11 Å². The van der Waals surface area contributed by atoms with Crippen LogP contribution in [0.15, 0.2) is 42.5 Å². The molecule has 4 saturated carbocycles. The van der Waals surface area contributed by atoms with Gasteiger partial charge in [-0.1, -0.05) is 65.0 Å². The Morgan fingerprint density at radius 3 is 2.22 bits per heavy atom. The van der Waals surface area contributed by atoms with Gasteiger partial charge in [0, 0.05) is 17.2 Å². The van der Waals surface area contributed by atoms with E-state index >= 15 is 0 Å². The molecule has 0 radical (unpaired) electrons. The molecule has 2 aromatic rings. The van der Waals surface area contributed by atoms with E-state index in [1.807, 2.05) is 19.1 Å². The van der Waals surface area contributed by atoms with E-state index in [4.69, 9.17) is 0 Å². The van der Waals surface area contributed by atoms with E-state index in [-0.39, 0.29) is 32.9 Å². The lowest BCUT2D eigenvalue weighted by molar-refractivity contribution is -0.224. The predicted octanol–water partition coefficient (Wildman–Crippen LogP) is 10.8. The Balaban J connectivity index is 1.21. The van der Waals surface area contributed by atoms with E-state index < -0.39 is 5.97 Å². The average molecular weight is 696 g/mol. The smallest absolute Gasteiger partial charge is 0.335 e. The first-order chi connectivity index (χ1) is 23.4. The van der Waals surface area contributed by atoms with Gasteiger partial charge in [0.1, 0.15) is 16.5 Å². The van der Waals surface area contributed by atoms with Crippen molar-refractivity contribution in [3.8, 4) is 0 Å². The molecule has 0 bridgehead atoms. The molecule has 0 amide bonds. The van der Waals surface area contributed by atoms with Gasteiger partial charge in [-0.3, -0.25) is 9.59 Å². The van der Waals surface area contributed by atoms with Gasteiger partial charge >= 0.3 is 5.97 Å². The van der Waals surface area contributed by atoms with Gasteiger partial charge in [-0.2, -0.15) is 0 Å². The molecule has 6 heteroatoms. The lowest BCUT2D eigenvalue weighted by Gasteiger charge is -2.72. The van der Waals surface area contributed by atoms with Crippen LogP contribution in [0.3, 0.4) is 0 Å². The highest BCUT2D eigenvalue weighted by Crippen LogP contribution is 2.78. The van der Waals surface area contributed by atoms with E-state index in [1.165, 1.54) is 48.2 Å². The molecule has 5 aliphatic rings. The summed E-state index contributed by atoms with van der Waals surface area (Å²) in [5.74, 6) is 1.73. The summed E-state index contributed by atoms with van der Waals surface area (Å²) in [7, 11) is 0. The number of ketones is 2. The number of aromatic carboxylic acids is 1. The van der Waals surface area contributed by atoms with Crippen molar-refractivity contribution in [2.45, 2.75) is 120 Å². The summed E-state index contributed by atoms with van der Waals surface area (Å²) >= 11 is 1.52. The zero-order chi connectivity index (χ0) is 36.2. The average Bonchev–Trinajstić information content (AvgIpc) is 3.62. The molecule has 1 aromatic carbocycles. The van der Waals surface area contributed by atoms with Gasteiger partial charge in [-0.15, -0.1) is 11.3 Å². The number of aryl methyl sites for hydroxylation is 1. The van der Waals surface area contributed by atoms with Crippen LogP contribution in [0.2, 0.25) is 0 Å². The van der Waals surface area contributed by atoms with Gasteiger partial charge in [0.25, 0.3) is 0 Å². The van der Waals surface area contributed by atoms with Crippen molar-refractivity contribution in [2.24, 2.45) is 56.7 Å². The Kier molecular flexibility index (Phi) is 8.41. The zero-order valence-electron chi connectivity index (χ0n) is 31.6. The maximum absolute atomic E-state index is 14.7. The van der Waals surface area contributed by atoms with Gasteiger partial charge in [0.05, 0.1) is 12.0 Å². The second kappa shape index (κ2) is 11.8. The predicted molar refractivity (Wildman–Crippen MR) is 201 cm³/mol. The molecule has 0 saturated heterocycles. The van der Waals surface area contributed by atoms with Crippen LogP contribution in [-0.2, 0) is 11.2 Å². The second-order valence-corrected chi connectivity index (χ2v) is 19.7. The molecule has 0 aliphatic heterocycles. The Morgan fingerprint density at radius 2 is 1.60 bits per heavy atom. The second-order valence-electron chi connectivity index (χ2n) is 18.4. The number of benzene rings is 1. The highest BCUT2D eigenvalue weighted by atomic mass is 32.1. The van der Waals surface area contributed by atoms with Gasteiger partial charge in [-0.05, 0) is 146 Å². The third-order valence-corrected chi connectivity index (χ3v) is 17.1. The van der Waals surface area contributed by atoms with Crippen LogP contribution in [0.25, 0.3) is 5.57 Å². The van der Waals surface area contributed by atoms with Crippen LogP contribution < -0.4 is 0 Å². The van der Waals surface area contributed by atoms with Crippen molar-refractivity contribution in [3.05, 3.63) is 69.2 Å². The van der Waals surface area contributed by atoms with Crippen molar-refractivity contribution in [2.75, 3.05) is 0 Å². The first kappa shape index (κ1) is 35.5. The molecule has 268 valence electrons. The lowest BCUT2D eigenvalue weighted by atomic mass is 9.32. The summed E-state index contributed by atoms with van der Waals surface area (Å²) in [6.45, 7) is 23.0. The van der Waals surface area contributed by atoms with E-state index in [9.17, 15) is 19.5 Å². The quantitative estimate of drug-likeness (QED) is 0.230. The van der Waals surface area contributed by atoms with E-state index in [0.717, 1.165) is 47.6 Å². The minimum absolute atomic E-state index is 0.0268. The van der Waals surface area contributed by atoms with E-state index in [0.29, 0.717) is 53.1 Å². The number of carbonyl (C=O) groups excluding carboxylic acids is 2. The summed E-state index contributed by atoms with van der Waals surface area (Å²) < 4.78 is 0. The van der Waals surface area contributed by atoms with Crippen LogP contribution in [0, 0.1) is 63.6 Å². The van der Waals surface area contributed by atoms with Crippen molar-refractivity contribution in [1.82, 2.24) is 4.98 Å². The topological polar surface area (TPSA) is 84.3 Å². The normalized spacial score (nSPS) is 38.6. The molecule has 1 aromatic heterocycles. The van der Waals surface area contributed by atoms with Crippen LogP contribution >= 0.6 is 11.3 Å². The Bertz CT molecular complexity index is 1800. The third kappa shape index (κ3) is 4.89. The number of carbonyl (C=O) groups is 3. The molecule has 0 spiro atoms. The Morgan fingerprint density at radius 1 is 0.900 bits per heavy atom. The molecule has 5 nitrogen and oxygen atoms in total. The molecule has 5 aliphatic carbocycles. The number of hydrogen-bond acceptors (Lipinski definition) is 5. The number of hydrogen-bond donors (Lipinski definition) is 1. The fourth-order valence-electron chi connectivity index (χ4n) is 13.7. The van der Waals surface area contributed by atoms with Gasteiger partial charge in [0.2, 0.25) is 0 Å². The minimum Gasteiger partial charge on any atom is -0.478 e. The van der Waals surface area contributed by atoms with E-state index in [1.54, 1.807) is 19.1 Å². The van der Waals surface area contributed by atoms with Crippen LogP contribution in [0.4, 0.5) is 0 Å². The van der Waals surface area contributed by atoms with Crippen LogP contribution in [0.5, 0.6) is 0 Å². The molecule has 9 atom stereocenters. The highest BCUT2D eigenvalue weighted by Gasteiger charge is 2.71. The molecule has 4 fully saturated rings. The van der Waals surface area contributed by atoms with Crippen molar-refractivity contribution < 1.29 is 19.5 Å². The van der Waals surface area contributed by atoms with Crippen molar-refractivity contribution in [1.29, 1.82) is 0 Å². The summed E-state index contributed by atoms with van der Waals surface area (Å²) in [4.78, 5) is 44.0. The van der Waals surface area contributed by atoms with Crippen LogP contribution in [-0.4, -0.2) is 27.6 Å². The molecular weight excluding hydrogens is 639 g/mol. The van der Waals surface area contributed by atoms with Gasteiger partial charge in [-0.25, -0.2) is 9.78 Å². The lowest BCUT2D eigenvalue weighted by Crippen LogP contribution is -2.66. The first-order valence-electron chi connectivity index (χ1n) is 19.1. The number of Topliss-reactive ketones (excluding diaryl/α,β-unsaturated/α-hetero) is 2. The number of aromatic nitrogens is 1. The summed E-state index contributed by atoms with van der Waals surface area (Å²) in [5.41, 5.74) is 4.72. The summed E-state index contributed by atoms with van der Waals surface area (Å²) in [6.07, 6.45) is 12.7. The maximum atomic E-state index is 14.7. The standard InChI is InChI=1S/C44H57NO4S/c1-25(2)30-16-21-44(35(47)24-36-45-38(26(3)46)27(4)50-36)23-22-42(8)32(37(30)44)14-15-34-41(7)19-17-31(28-10-12-29(13-11-28)39(48)49)40(5,6)33(41)18-20-43(34,42)9/h10-13,17,30,32-34,37H,1,14-16,18-24H2,2-9H3,(H,48,49)/t30-,32+,33-,34+,37+,41-,42+,43+,44+/m0/s1. The number of carboxylic acid groups (broad SMARTS) is 1. The number of thiazole rings is 1. The summed E-state index contributed by atoms with van der Waals surface area (Å²) in [6, 6.07) is 7.51. The molecule has 50 heavy (non-hydrogen) atoms. The van der Waals surface area contributed by atoms with E-state index in [2.05, 4.69) is 59.2 Å². The molecule has 1 heterocycles. The number of carboxylic acids is 1. The molecular formula is C44H57NO4S. The number of nitrogens with zero attached hydrogens (tertiary/aromatic N) is 1. The highest BCUT2D eigenvalue weighted by molar-refractivity contribution is 7.12. The molecule has 7 rings (SSSR count). The largest absolute Gasteiger partial charge is 0.478 e. The molecule has 1 N–H and O–H groups in total. The monoisotopic (exact) mass is 695 g/mol. The Labute approximate surface area is 303 Å². The Hall–Kier alpha value is -2.86. The third-order valence-electron chi connectivity index (χ3n) is 16.1. The number of fused-ring (bicyclic) bond motifs is 7. The summed E-state index contributed by atoms with van der Waals surface area (Å²) in [5, 5.41) is 10.3. The fourth-order valence-corrected chi connectivity index (χ4v) is 14.7. The maximum Gasteiger partial charge on any atom is 0.335 e. The SMILES string of the molecule is C=C(C)[C@@H]1CC[C@]2(C(=O)Cc3nc(C(C)=O)c(C)s3)CC[C@]3(C)[C@H](CC[C@@H]4[C@@]5(C)CC=C(c6ccc(C(=O)O)cc6)C(C)(C)[C@@H]5CC[C@]43C)[C@@H]12.